The van der Waals surface area contributed by atoms with Crippen molar-refractivity contribution in [1.82, 2.24) is 9.55 Å². The SMILES string of the molecule is CCc1ccccc1NC(=O)c1sc2ncn(Cc3ccccc3)c(=O)c2c1C. The monoisotopic (exact) mass is 403 g/mol. The van der Waals surface area contributed by atoms with Crippen LogP contribution in [-0.4, -0.2) is 15.5 Å². The highest BCUT2D eigenvalue weighted by Crippen LogP contribution is 2.28. The second-order valence-corrected chi connectivity index (χ2v) is 7.86. The average molecular weight is 404 g/mol. The van der Waals surface area contributed by atoms with Crippen molar-refractivity contribution >= 4 is 33.1 Å². The van der Waals surface area contributed by atoms with Gasteiger partial charge in [-0.2, -0.15) is 0 Å². The Bertz CT molecular complexity index is 1240. The molecule has 0 aliphatic heterocycles. The van der Waals surface area contributed by atoms with Crippen LogP contribution in [0.4, 0.5) is 5.69 Å². The van der Waals surface area contributed by atoms with Gasteiger partial charge in [-0.1, -0.05) is 55.5 Å². The van der Waals surface area contributed by atoms with E-state index in [4.69, 9.17) is 0 Å². The Kier molecular flexibility index (Phi) is 5.27. The van der Waals surface area contributed by atoms with Gasteiger partial charge < -0.3 is 5.32 Å². The van der Waals surface area contributed by atoms with E-state index in [-0.39, 0.29) is 11.5 Å². The van der Waals surface area contributed by atoms with Gasteiger partial charge in [0.1, 0.15) is 4.83 Å². The van der Waals surface area contributed by atoms with Crippen LogP contribution in [0.5, 0.6) is 0 Å². The van der Waals surface area contributed by atoms with Gasteiger partial charge in [0.15, 0.2) is 0 Å². The molecule has 0 fully saturated rings. The van der Waals surface area contributed by atoms with Gasteiger partial charge in [-0.3, -0.25) is 14.2 Å². The fourth-order valence-corrected chi connectivity index (χ4v) is 4.43. The van der Waals surface area contributed by atoms with Crippen LogP contribution in [0.3, 0.4) is 0 Å². The molecule has 1 N–H and O–H groups in total. The van der Waals surface area contributed by atoms with Crippen LogP contribution >= 0.6 is 11.3 Å². The molecule has 0 saturated carbocycles. The van der Waals surface area contributed by atoms with E-state index in [1.807, 2.05) is 61.5 Å². The molecule has 0 aliphatic carbocycles. The summed E-state index contributed by atoms with van der Waals surface area (Å²) < 4.78 is 1.59. The molecule has 146 valence electrons. The molecule has 4 aromatic rings. The smallest absolute Gasteiger partial charge is 0.266 e. The predicted molar refractivity (Wildman–Crippen MR) is 118 cm³/mol. The van der Waals surface area contributed by atoms with Gasteiger partial charge in [-0.15, -0.1) is 11.3 Å². The fraction of sp³-hybridized carbons (Fsp3) is 0.174. The lowest BCUT2D eigenvalue weighted by Crippen LogP contribution is -2.21. The van der Waals surface area contributed by atoms with Gasteiger partial charge in [0, 0.05) is 5.69 Å². The highest BCUT2D eigenvalue weighted by Gasteiger charge is 2.20. The molecular formula is C23H21N3O2S. The van der Waals surface area contributed by atoms with E-state index in [1.165, 1.54) is 11.3 Å². The lowest BCUT2D eigenvalue weighted by molar-refractivity contribution is 0.103. The second-order valence-electron chi connectivity index (χ2n) is 6.86. The molecule has 2 aromatic carbocycles. The molecular weight excluding hydrogens is 382 g/mol. The summed E-state index contributed by atoms with van der Waals surface area (Å²) in [5.74, 6) is -0.208. The third-order valence-electron chi connectivity index (χ3n) is 4.97. The summed E-state index contributed by atoms with van der Waals surface area (Å²) in [6.45, 7) is 4.31. The van der Waals surface area contributed by atoms with Gasteiger partial charge in [-0.25, -0.2) is 4.98 Å². The van der Waals surface area contributed by atoms with Crippen molar-refractivity contribution < 1.29 is 4.79 Å². The number of hydrogen-bond acceptors (Lipinski definition) is 4. The first-order valence-electron chi connectivity index (χ1n) is 9.50. The zero-order valence-corrected chi connectivity index (χ0v) is 17.1. The van der Waals surface area contributed by atoms with Crippen molar-refractivity contribution in [3.63, 3.8) is 0 Å². The first kappa shape index (κ1) is 19.1. The van der Waals surface area contributed by atoms with Crippen LogP contribution in [0.2, 0.25) is 0 Å². The summed E-state index contributed by atoms with van der Waals surface area (Å²) in [5, 5.41) is 3.50. The fourth-order valence-electron chi connectivity index (χ4n) is 3.40. The summed E-state index contributed by atoms with van der Waals surface area (Å²) in [6.07, 6.45) is 2.38. The quantitative estimate of drug-likeness (QED) is 0.528. The lowest BCUT2D eigenvalue weighted by atomic mass is 10.1. The van der Waals surface area contributed by atoms with Crippen LogP contribution < -0.4 is 10.9 Å². The molecule has 0 atom stereocenters. The summed E-state index contributed by atoms with van der Waals surface area (Å²) in [4.78, 5) is 31.5. The first-order valence-corrected chi connectivity index (χ1v) is 10.3. The average Bonchev–Trinajstić information content (AvgIpc) is 3.08. The Hall–Kier alpha value is -3.25. The van der Waals surface area contributed by atoms with Crippen LogP contribution in [0, 0.1) is 6.92 Å². The van der Waals surface area contributed by atoms with Crippen molar-refractivity contribution in [1.29, 1.82) is 0 Å². The molecule has 0 aliphatic rings. The molecule has 0 unspecified atom stereocenters. The highest BCUT2D eigenvalue weighted by molar-refractivity contribution is 7.20. The third kappa shape index (κ3) is 3.71. The minimum Gasteiger partial charge on any atom is -0.321 e. The zero-order valence-electron chi connectivity index (χ0n) is 16.3. The summed E-state index contributed by atoms with van der Waals surface area (Å²) >= 11 is 1.26. The Morgan fingerprint density at radius 1 is 1.10 bits per heavy atom. The van der Waals surface area contributed by atoms with E-state index in [9.17, 15) is 9.59 Å². The van der Waals surface area contributed by atoms with Gasteiger partial charge in [-0.05, 0) is 36.1 Å². The molecule has 0 spiro atoms. The van der Waals surface area contributed by atoms with Crippen LogP contribution in [-0.2, 0) is 13.0 Å². The predicted octanol–water partition coefficient (Wildman–Crippen LogP) is 4.63. The van der Waals surface area contributed by atoms with Crippen LogP contribution in [0.1, 0.15) is 33.3 Å². The number of carbonyl (C=O) groups excluding carboxylic acids is 1. The first-order chi connectivity index (χ1) is 14.1. The maximum absolute atomic E-state index is 13.0. The van der Waals surface area contributed by atoms with Gasteiger partial charge in [0.05, 0.1) is 23.1 Å². The van der Waals surface area contributed by atoms with E-state index in [0.717, 1.165) is 23.2 Å². The van der Waals surface area contributed by atoms with Gasteiger partial charge in [0.25, 0.3) is 11.5 Å². The lowest BCUT2D eigenvalue weighted by Gasteiger charge is -2.09. The molecule has 0 radical (unpaired) electrons. The van der Waals surface area contributed by atoms with Gasteiger partial charge >= 0.3 is 0 Å². The van der Waals surface area contributed by atoms with Crippen molar-refractivity contribution in [3.8, 4) is 0 Å². The number of fused-ring (bicyclic) bond motifs is 1. The molecule has 0 bridgehead atoms. The number of rotatable bonds is 5. The largest absolute Gasteiger partial charge is 0.321 e. The maximum Gasteiger partial charge on any atom is 0.266 e. The number of aromatic nitrogens is 2. The summed E-state index contributed by atoms with van der Waals surface area (Å²) in [6, 6.07) is 17.5. The number of aryl methyl sites for hydroxylation is 2. The molecule has 6 heteroatoms. The standard InChI is InChI=1S/C23H21N3O2S/c1-3-17-11-7-8-12-18(17)25-21(27)20-15(2)19-22(29-20)24-14-26(23(19)28)13-16-9-5-4-6-10-16/h4-12,14H,3,13H2,1-2H3,(H,25,27). The molecule has 4 rings (SSSR count). The van der Waals surface area contributed by atoms with E-state index in [1.54, 1.807) is 10.9 Å². The van der Waals surface area contributed by atoms with Gasteiger partial charge in [0.2, 0.25) is 0 Å². The number of para-hydroxylation sites is 1. The molecule has 1 amide bonds. The topological polar surface area (TPSA) is 64.0 Å². The van der Waals surface area contributed by atoms with Crippen molar-refractivity contribution in [3.05, 3.63) is 92.8 Å². The Labute approximate surface area is 172 Å². The van der Waals surface area contributed by atoms with Crippen LogP contribution in [0.15, 0.2) is 65.7 Å². The highest BCUT2D eigenvalue weighted by atomic mass is 32.1. The number of benzene rings is 2. The number of carbonyl (C=O) groups is 1. The molecule has 2 aromatic heterocycles. The Morgan fingerprint density at radius 3 is 2.59 bits per heavy atom. The number of nitrogens with zero attached hydrogens (tertiary/aromatic N) is 2. The molecule has 5 nitrogen and oxygen atoms in total. The second kappa shape index (κ2) is 8.01. The minimum atomic E-state index is -0.208. The Morgan fingerprint density at radius 2 is 1.83 bits per heavy atom. The molecule has 29 heavy (non-hydrogen) atoms. The van der Waals surface area contributed by atoms with Crippen LogP contribution in [0.25, 0.3) is 10.2 Å². The van der Waals surface area contributed by atoms with Crippen molar-refractivity contribution in [2.24, 2.45) is 0 Å². The summed E-state index contributed by atoms with van der Waals surface area (Å²) in [7, 11) is 0. The Balaban J connectivity index is 1.69. The van der Waals surface area contributed by atoms with Crippen molar-refractivity contribution in [2.75, 3.05) is 5.32 Å². The molecule has 2 heterocycles. The van der Waals surface area contributed by atoms with Crippen molar-refractivity contribution in [2.45, 2.75) is 26.8 Å². The third-order valence-corrected chi connectivity index (χ3v) is 6.16. The van der Waals surface area contributed by atoms with E-state index in [2.05, 4.69) is 17.2 Å². The maximum atomic E-state index is 13.0. The number of nitrogens with one attached hydrogen (secondary N) is 1. The zero-order chi connectivity index (χ0) is 20.4. The number of anilines is 1. The van der Waals surface area contributed by atoms with E-state index < -0.39 is 0 Å². The number of hydrogen-bond donors (Lipinski definition) is 1. The van der Waals surface area contributed by atoms with E-state index >= 15 is 0 Å². The number of amides is 1. The minimum absolute atomic E-state index is 0.124. The summed E-state index contributed by atoms with van der Waals surface area (Å²) in [5.41, 5.74) is 3.45. The number of thiophene rings is 1. The normalized spacial score (nSPS) is 11.0. The molecule has 0 saturated heterocycles. The van der Waals surface area contributed by atoms with E-state index in [0.29, 0.717) is 27.2 Å².